The Labute approximate surface area is 165 Å². The van der Waals surface area contributed by atoms with Crippen LogP contribution in [0.15, 0.2) is 48.5 Å². The fourth-order valence-corrected chi connectivity index (χ4v) is 4.39. The maximum absolute atomic E-state index is 5.57. The van der Waals surface area contributed by atoms with E-state index < -0.39 is 0 Å². The molecule has 1 atom stereocenters. The Morgan fingerprint density at radius 2 is 1.75 bits per heavy atom. The van der Waals surface area contributed by atoms with Gasteiger partial charge < -0.3 is 9.47 Å². The summed E-state index contributed by atoms with van der Waals surface area (Å²) in [7, 11) is 2.07. The van der Waals surface area contributed by atoms with E-state index in [1.54, 1.807) is 0 Å². The first-order chi connectivity index (χ1) is 13.7. The molecule has 5 heteroatoms. The second kappa shape index (κ2) is 6.99. The van der Waals surface area contributed by atoms with Gasteiger partial charge in [-0.1, -0.05) is 36.4 Å². The molecule has 0 fully saturated rings. The van der Waals surface area contributed by atoms with E-state index in [9.17, 15) is 0 Å². The van der Waals surface area contributed by atoms with Crippen molar-refractivity contribution in [1.82, 2.24) is 14.7 Å². The lowest BCUT2D eigenvalue weighted by atomic mass is 10.0. The molecule has 0 saturated carbocycles. The molecule has 2 aliphatic heterocycles. The van der Waals surface area contributed by atoms with Crippen LogP contribution >= 0.6 is 0 Å². The first-order valence-electron chi connectivity index (χ1n) is 9.94. The molecule has 0 N–H and O–H groups in total. The van der Waals surface area contributed by atoms with Gasteiger partial charge in [0.25, 0.3) is 0 Å². The minimum Gasteiger partial charge on any atom is -0.454 e. The fraction of sp³-hybridized carbons (Fsp3) is 0.348. The highest BCUT2D eigenvalue weighted by Crippen LogP contribution is 2.36. The maximum Gasteiger partial charge on any atom is 0.231 e. The largest absolute Gasteiger partial charge is 0.454 e. The first-order valence-corrected chi connectivity index (χ1v) is 9.94. The van der Waals surface area contributed by atoms with Crippen molar-refractivity contribution in [3.05, 3.63) is 65.4 Å². The standard InChI is InChI=1S/C23H25N3O2/c1-16(18-8-9-21-22(14-18)28-15-27-21)26-12-10-19-20(11-13-26)25(2)24-23(19)17-6-4-3-5-7-17/h3-9,14,16H,10-13,15H2,1-2H3. The minimum absolute atomic E-state index is 0.321. The third-order valence-corrected chi connectivity index (χ3v) is 6.03. The van der Waals surface area contributed by atoms with Crippen molar-refractivity contribution in [2.45, 2.75) is 25.8 Å². The number of fused-ring (bicyclic) bond motifs is 2. The van der Waals surface area contributed by atoms with Crippen LogP contribution < -0.4 is 9.47 Å². The molecule has 1 aromatic heterocycles. The van der Waals surface area contributed by atoms with Crippen molar-refractivity contribution >= 4 is 0 Å². The van der Waals surface area contributed by atoms with Gasteiger partial charge >= 0.3 is 0 Å². The summed E-state index contributed by atoms with van der Waals surface area (Å²) in [6.07, 6.45) is 2.03. The van der Waals surface area contributed by atoms with Crippen molar-refractivity contribution in [3.63, 3.8) is 0 Å². The van der Waals surface area contributed by atoms with Gasteiger partial charge in [-0.2, -0.15) is 5.10 Å². The van der Waals surface area contributed by atoms with Crippen LogP contribution in [-0.2, 0) is 19.9 Å². The number of nitrogens with zero attached hydrogens (tertiary/aromatic N) is 3. The summed E-state index contributed by atoms with van der Waals surface area (Å²) in [5.74, 6) is 1.70. The predicted octanol–water partition coefficient (Wildman–Crippen LogP) is 3.98. The SMILES string of the molecule is CC(c1ccc2c(c1)OCO2)N1CCc2c(-c3ccccc3)nn(C)c2CC1. The molecule has 1 unspecified atom stereocenters. The van der Waals surface area contributed by atoms with Crippen LogP contribution in [0, 0.1) is 0 Å². The topological polar surface area (TPSA) is 39.5 Å². The van der Waals surface area contributed by atoms with E-state index in [-0.39, 0.29) is 0 Å². The van der Waals surface area contributed by atoms with Crippen LogP contribution in [0.3, 0.4) is 0 Å². The molecule has 28 heavy (non-hydrogen) atoms. The lowest BCUT2D eigenvalue weighted by Gasteiger charge is -2.28. The zero-order valence-electron chi connectivity index (χ0n) is 16.4. The van der Waals surface area contributed by atoms with Gasteiger partial charge in [-0.15, -0.1) is 0 Å². The van der Waals surface area contributed by atoms with Crippen molar-refractivity contribution in [2.24, 2.45) is 7.05 Å². The van der Waals surface area contributed by atoms with Crippen molar-refractivity contribution < 1.29 is 9.47 Å². The molecule has 5 rings (SSSR count). The van der Waals surface area contributed by atoms with E-state index in [4.69, 9.17) is 14.6 Å². The van der Waals surface area contributed by atoms with E-state index in [0.717, 1.165) is 43.1 Å². The predicted molar refractivity (Wildman–Crippen MR) is 109 cm³/mol. The number of rotatable bonds is 3. The van der Waals surface area contributed by atoms with Gasteiger partial charge in [0, 0.05) is 49.4 Å². The lowest BCUT2D eigenvalue weighted by molar-refractivity contribution is 0.173. The number of aryl methyl sites for hydroxylation is 1. The highest BCUT2D eigenvalue weighted by Gasteiger charge is 2.26. The van der Waals surface area contributed by atoms with Crippen LogP contribution in [-0.4, -0.2) is 34.6 Å². The van der Waals surface area contributed by atoms with E-state index in [0.29, 0.717) is 12.8 Å². The Kier molecular flexibility index (Phi) is 4.32. The molecule has 3 heterocycles. The maximum atomic E-state index is 5.57. The lowest BCUT2D eigenvalue weighted by Crippen LogP contribution is -2.29. The molecule has 2 aliphatic rings. The van der Waals surface area contributed by atoms with Gasteiger partial charge in [0.05, 0.1) is 5.69 Å². The Balaban J connectivity index is 1.39. The number of hydrogen-bond acceptors (Lipinski definition) is 4. The molecule has 0 bridgehead atoms. The first kappa shape index (κ1) is 17.3. The molecule has 0 spiro atoms. The van der Waals surface area contributed by atoms with Crippen LogP contribution in [0.5, 0.6) is 11.5 Å². The molecular formula is C23H25N3O2. The van der Waals surface area contributed by atoms with E-state index >= 15 is 0 Å². The number of ether oxygens (including phenoxy) is 2. The van der Waals surface area contributed by atoms with Crippen LogP contribution in [0.2, 0.25) is 0 Å². The van der Waals surface area contributed by atoms with E-state index in [1.165, 1.54) is 22.4 Å². The van der Waals surface area contributed by atoms with Gasteiger partial charge in [-0.3, -0.25) is 9.58 Å². The quantitative estimate of drug-likeness (QED) is 0.694. The summed E-state index contributed by atoms with van der Waals surface area (Å²) in [6, 6.07) is 17.2. The summed E-state index contributed by atoms with van der Waals surface area (Å²) < 4.78 is 13.1. The van der Waals surface area contributed by atoms with Crippen molar-refractivity contribution in [3.8, 4) is 22.8 Å². The highest BCUT2D eigenvalue weighted by atomic mass is 16.7. The molecule has 0 amide bonds. The fourth-order valence-electron chi connectivity index (χ4n) is 4.39. The zero-order chi connectivity index (χ0) is 19.1. The average molecular weight is 375 g/mol. The molecule has 2 aromatic carbocycles. The number of benzene rings is 2. The minimum atomic E-state index is 0.321. The Morgan fingerprint density at radius 3 is 2.61 bits per heavy atom. The second-order valence-electron chi connectivity index (χ2n) is 7.59. The number of aromatic nitrogens is 2. The molecule has 0 radical (unpaired) electrons. The smallest absolute Gasteiger partial charge is 0.231 e. The summed E-state index contributed by atoms with van der Waals surface area (Å²) in [5, 5.41) is 4.84. The van der Waals surface area contributed by atoms with Gasteiger partial charge in [-0.25, -0.2) is 0 Å². The zero-order valence-corrected chi connectivity index (χ0v) is 16.4. The Hall–Kier alpha value is -2.79. The molecule has 144 valence electrons. The summed E-state index contributed by atoms with van der Waals surface area (Å²) in [6.45, 7) is 4.65. The summed E-state index contributed by atoms with van der Waals surface area (Å²) >= 11 is 0. The molecular weight excluding hydrogens is 350 g/mol. The van der Waals surface area contributed by atoms with Gasteiger partial charge in [0.1, 0.15) is 0 Å². The summed E-state index contributed by atoms with van der Waals surface area (Å²) in [5.41, 5.74) is 6.37. The average Bonchev–Trinajstić information content (AvgIpc) is 3.25. The monoisotopic (exact) mass is 375 g/mol. The normalized spacial score (nSPS) is 17.2. The third-order valence-electron chi connectivity index (χ3n) is 6.03. The molecule has 3 aromatic rings. The van der Waals surface area contributed by atoms with Crippen molar-refractivity contribution in [2.75, 3.05) is 19.9 Å². The summed E-state index contributed by atoms with van der Waals surface area (Å²) in [4.78, 5) is 2.56. The van der Waals surface area contributed by atoms with Crippen LogP contribution in [0.25, 0.3) is 11.3 Å². The van der Waals surface area contributed by atoms with Crippen LogP contribution in [0.4, 0.5) is 0 Å². The molecule has 0 aliphatic carbocycles. The second-order valence-corrected chi connectivity index (χ2v) is 7.59. The highest BCUT2D eigenvalue weighted by molar-refractivity contribution is 5.64. The van der Waals surface area contributed by atoms with Gasteiger partial charge in [0.2, 0.25) is 6.79 Å². The van der Waals surface area contributed by atoms with Gasteiger partial charge in [-0.05, 0) is 31.0 Å². The third kappa shape index (κ3) is 2.96. The van der Waals surface area contributed by atoms with E-state index in [2.05, 4.69) is 66.0 Å². The molecule has 5 nitrogen and oxygen atoms in total. The Morgan fingerprint density at radius 1 is 0.964 bits per heavy atom. The number of hydrogen-bond donors (Lipinski definition) is 0. The van der Waals surface area contributed by atoms with E-state index in [1.807, 2.05) is 6.07 Å². The van der Waals surface area contributed by atoms with Crippen molar-refractivity contribution in [1.29, 1.82) is 0 Å². The van der Waals surface area contributed by atoms with Crippen LogP contribution in [0.1, 0.15) is 29.8 Å². The Bertz CT molecular complexity index is 997. The van der Waals surface area contributed by atoms with Gasteiger partial charge in [0.15, 0.2) is 11.5 Å². The molecule has 0 saturated heterocycles.